The number of methoxy groups -OCH3 is 1. The maximum atomic E-state index is 12.0. The molecular weight excluding hydrogens is 322 g/mol. The molecule has 3 aromatic rings. The van der Waals surface area contributed by atoms with Gasteiger partial charge in [0.25, 0.3) is 5.91 Å². The van der Waals surface area contributed by atoms with Gasteiger partial charge in [0.05, 0.1) is 13.3 Å². The van der Waals surface area contributed by atoms with Crippen LogP contribution >= 0.6 is 12.2 Å². The molecule has 0 bridgehead atoms. The number of hydrazone groups is 1. The highest BCUT2D eigenvalue weighted by Crippen LogP contribution is 2.13. The van der Waals surface area contributed by atoms with Gasteiger partial charge in [-0.15, -0.1) is 0 Å². The molecule has 1 amide bonds. The van der Waals surface area contributed by atoms with Gasteiger partial charge < -0.3 is 9.72 Å². The van der Waals surface area contributed by atoms with Crippen LogP contribution in [0.3, 0.4) is 0 Å². The maximum absolute atomic E-state index is 12.0. The number of aromatic nitrogens is 1. The molecule has 1 heterocycles. The number of fused-ring (bicyclic) bond motifs is 1. The molecule has 0 spiro atoms. The summed E-state index contributed by atoms with van der Waals surface area (Å²) in [5.41, 5.74) is 4.68. The zero-order chi connectivity index (χ0) is 16.9. The number of hydrogen-bond donors (Lipinski definition) is 2. The largest absolute Gasteiger partial charge is 0.497 e. The molecule has 5 nitrogen and oxygen atoms in total. The lowest BCUT2D eigenvalue weighted by Gasteiger charge is -2.03. The number of nitrogens with zero attached hydrogens (tertiary/aromatic N) is 1. The fourth-order valence-electron chi connectivity index (χ4n) is 2.23. The number of benzene rings is 2. The Morgan fingerprint density at radius 3 is 2.71 bits per heavy atom. The number of pyridine rings is 1. The smallest absolute Gasteiger partial charge is 0.271 e. The SMILES string of the molecule is COc1ccc(C(=O)NN=Cc2cc3ccccc3[nH]c2=S)cc1. The molecule has 0 radical (unpaired) electrons. The average molecular weight is 337 g/mol. The second-order valence-electron chi connectivity index (χ2n) is 5.07. The van der Waals surface area contributed by atoms with Crippen molar-refractivity contribution in [2.45, 2.75) is 0 Å². The van der Waals surface area contributed by atoms with E-state index in [2.05, 4.69) is 15.5 Å². The third-order valence-corrected chi connectivity index (χ3v) is 3.84. The molecule has 3 rings (SSSR count). The van der Waals surface area contributed by atoms with Crippen molar-refractivity contribution >= 4 is 35.2 Å². The van der Waals surface area contributed by atoms with Crippen molar-refractivity contribution in [3.05, 3.63) is 70.4 Å². The van der Waals surface area contributed by atoms with Crippen molar-refractivity contribution in [2.24, 2.45) is 5.10 Å². The number of amides is 1. The minimum Gasteiger partial charge on any atom is -0.497 e. The zero-order valence-corrected chi connectivity index (χ0v) is 13.8. The molecule has 0 saturated carbocycles. The molecule has 120 valence electrons. The van der Waals surface area contributed by atoms with E-state index in [1.54, 1.807) is 31.4 Å². The van der Waals surface area contributed by atoms with Crippen LogP contribution in [0.25, 0.3) is 10.9 Å². The van der Waals surface area contributed by atoms with Crippen molar-refractivity contribution < 1.29 is 9.53 Å². The van der Waals surface area contributed by atoms with Gasteiger partial charge in [0.15, 0.2) is 0 Å². The van der Waals surface area contributed by atoms with Gasteiger partial charge in [-0.05, 0) is 41.8 Å². The van der Waals surface area contributed by atoms with Gasteiger partial charge in [-0.1, -0.05) is 30.4 Å². The molecule has 2 aromatic carbocycles. The fourth-order valence-corrected chi connectivity index (χ4v) is 2.45. The van der Waals surface area contributed by atoms with Gasteiger partial charge in [0.2, 0.25) is 0 Å². The van der Waals surface area contributed by atoms with Crippen molar-refractivity contribution in [2.75, 3.05) is 7.11 Å². The number of nitrogens with one attached hydrogen (secondary N) is 2. The minimum absolute atomic E-state index is 0.301. The second-order valence-corrected chi connectivity index (χ2v) is 5.48. The quantitative estimate of drug-likeness (QED) is 0.434. The third-order valence-electron chi connectivity index (χ3n) is 3.50. The Labute approximate surface area is 144 Å². The van der Waals surface area contributed by atoms with E-state index in [4.69, 9.17) is 17.0 Å². The lowest BCUT2D eigenvalue weighted by atomic mass is 10.2. The number of carbonyl (C=O) groups excluding carboxylic acids is 1. The molecule has 0 atom stereocenters. The van der Waals surface area contributed by atoms with Gasteiger partial charge in [-0.2, -0.15) is 5.10 Å². The van der Waals surface area contributed by atoms with Crippen LogP contribution in [0.2, 0.25) is 0 Å². The van der Waals surface area contributed by atoms with E-state index in [1.807, 2.05) is 30.3 Å². The molecular formula is C18H15N3O2S. The molecule has 0 fully saturated rings. The Morgan fingerprint density at radius 1 is 1.21 bits per heavy atom. The highest BCUT2D eigenvalue weighted by Gasteiger charge is 2.04. The van der Waals surface area contributed by atoms with E-state index in [0.29, 0.717) is 16.0 Å². The van der Waals surface area contributed by atoms with Crippen LogP contribution < -0.4 is 10.2 Å². The summed E-state index contributed by atoms with van der Waals surface area (Å²) in [7, 11) is 1.58. The molecule has 0 aliphatic heterocycles. The van der Waals surface area contributed by atoms with Crippen LogP contribution in [-0.4, -0.2) is 24.2 Å². The summed E-state index contributed by atoms with van der Waals surface area (Å²) < 4.78 is 5.63. The molecule has 24 heavy (non-hydrogen) atoms. The van der Waals surface area contributed by atoms with Crippen LogP contribution in [0.5, 0.6) is 5.75 Å². The van der Waals surface area contributed by atoms with E-state index >= 15 is 0 Å². The molecule has 0 aliphatic carbocycles. The van der Waals surface area contributed by atoms with Gasteiger partial charge in [0, 0.05) is 16.6 Å². The predicted molar refractivity (Wildman–Crippen MR) is 97.2 cm³/mol. The summed E-state index contributed by atoms with van der Waals surface area (Å²) in [4.78, 5) is 15.2. The van der Waals surface area contributed by atoms with Crippen LogP contribution in [0.15, 0.2) is 59.7 Å². The minimum atomic E-state index is -0.301. The molecule has 2 N–H and O–H groups in total. The normalized spacial score (nSPS) is 10.9. The standard InChI is InChI=1S/C18H15N3O2S/c1-23-15-8-6-12(7-9-15)17(22)21-19-11-14-10-13-4-2-3-5-16(13)20-18(14)24/h2-11H,1H3,(H,20,24)(H,21,22). The number of carbonyl (C=O) groups is 1. The average Bonchev–Trinajstić information content (AvgIpc) is 2.62. The van der Waals surface area contributed by atoms with Crippen LogP contribution in [0.4, 0.5) is 0 Å². The molecule has 0 saturated heterocycles. The first-order valence-corrected chi connectivity index (χ1v) is 7.68. The van der Waals surface area contributed by atoms with E-state index < -0.39 is 0 Å². The number of aromatic amines is 1. The third kappa shape index (κ3) is 3.49. The molecule has 6 heteroatoms. The number of H-pyrrole nitrogens is 1. The van der Waals surface area contributed by atoms with Crippen molar-refractivity contribution in [3.63, 3.8) is 0 Å². The van der Waals surface area contributed by atoms with Crippen LogP contribution in [0.1, 0.15) is 15.9 Å². The Bertz CT molecular complexity index is 962. The first kappa shape index (κ1) is 15.9. The lowest BCUT2D eigenvalue weighted by Crippen LogP contribution is -2.17. The topological polar surface area (TPSA) is 66.5 Å². The summed E-state index contributed by atoms with van der Waals surface area (Å²) in [5.74, 6) is 0.391. The van der Waals surface area contributed by atoms with E-state index in [1.165, 1.54) is 6.21 Å². The summed E-state index contributed by atoms with van der Waals surface area (Å²) in [6.45, 7) is 0. The zero-order valence-electron chi connectivity index (χ0n) is 12.9. The number of para-hydroxylation sites is 1. The van der Waals surface area contributed by atoms with Crippen molar-refractivity contribution in [1.29, 1.82) is 0 Å². The summed E-state index contributed by atoms with van der Waals surface area (Å²) in [6.07, 6.45) is 1.53. The summed E-state index contributed by atoms with van der Waals surface area (Å²) in [6, 6.07) is 16.5. The van der Waals surface area contributed by atoms with E-state index in [0.717, 1.165) is 16.5 Å². The molecule has 0 aliphatic rings. The first-order chi connectivity index (χ1) is 11.7. The van der Waals surface area contributed by atoms with Crippen LogP contribution in [-0.2, 0) is 0 Å². The highest BCUT2D eigenvalue weighted by atomic mass is 32.1. The predicted octanol–water partition coefficient (Wildman–Crippen LogP) is 3.67. The first-order valence-electron chi connectivity index (χ1n) is 7.27. The van der Waals surface area contributed by atoms with Crippen LogP contribution in [0, 0.1) is 4.64 Å². The fraction of sp³-hybridized carbons (Fsp3) is 0.0556. The van der Waals surface area contributed by atoms with Gasteiger partial charge in [-0.25, -0.2) is 5.43 Å². The molecule has 1 aromatic heterocycles. The number of rotatable bonds is 4. The molecule has 0 unspecified atom stereocenters. The van der Waals surface area contributed by atoms with Gasteiger partial charge in [-0.3, -0.25) is 4.79 Å². The van der Waals surface area contributed by atoms with E-state index in [9.17, 15) is 4.79 Å². The second kappa shape index (κ2) is 7.06. The number of hydrogen-bond acceptors (Lipinski definition) is 4. The van der Waals surface area contributed by atoms with Gasteiger partial charge >= 0.3 is 0 Å². The highest BCUT2D eigenvalue weighted by molar-refractivity contribution is 7.71. The Balaban J connectivity index is 1.74. The maximum Gasteiger partial charge on any atom is 0.271 e. The lowest BCUT2D eigenvalue weighted by molar-refractivity contribution is 0.0955. The number of ether oxygens (including phenoxy) is 1. The Kier molecular flexibility index (Phi) is 4.67. The Hall–Kier alpha value is -2.99. The van der Waals surface area contributed by atoms with Crippen molar-refractivity contribution in [3.8, 4) is 5.75 Å². The monoisotopic (exact) mass is 337 g/mol. The van der Waals surface area contributed by atoms with E-state index in [-0.39, 0.29) is 5.91 Å². The summed E-state index contributed by atoms with van der Waals surface area (Å²) >= 11 is 5.31. The summed E-state index contributed by atoms with van der Waals surface area (Å²) in [5, 5.41) is 5.01. The van der Waals surface area contributed by atoms with Crippen molar-refractivity contribution in [1.82, 2.24) is 10.4 Å². The van der Waals surface area contributed by atoms with Gasteiger partial charge in [0.1, 0.15) is 10.4 Å². The Morgan fingerprint density at radius 2 is 1.96 bits per heavy atom.